The lowest BCUT2D eigenvalue weighted by molar-refractivity contribution is 0.411. The highest BCUT2D eigenvalue weighted by atomic mass is 16.3. The first-order valence-corrected chi connectivity index (χ1v) is 8.38. The van der Waals surface area contributed by atoms with Crippen LogP contribution in [0.2, 0.25) is 0 Å². The lowest BCUT2D eigenvalue weighted by Gasteiger charge is -2.15. The van der Waals surface area contributed by atoms with Crippen LogP contribution in [0.5, 0.6) is 23.0 Å². The number of rotatable bonds is 0. The zero-order valence-corrected chi connectivity index (χ0v) is 14.2. The van der Waals surface area contributed by atoms with E-state index < -0.39 is 0 Å². The molecular formula is C22H17NO4. The molecule has 0 unspecified atom stereocenters. The molecule has 1 aliphatic rings. The molecule has 0 aromatic heterocycles. The van der Waals surface area contributed by atoms with Gasteiger partial charge in [-0.25, -0.2) is 0 Å². The van der Waals surface area contributed by atoms with E-state index in [-0.39, 0.29) is 23.0 Å². The van der Waals surface area contributed by atoms with E-state index in [2.05, 4.69) is 5.32 Å². The first kappa shape index (κ1) is 16.6. The molecule has 0 amide bonds. The third-order valence-electron chi connectivity index (χ3n) is 4.57. The van der Waals surface area contributed by atoms with Gasteiger partial charge in [-0.15, -0.1) is 0 Å². The maximum Gasteiger partial charge on any atom is 0.166 e. The molecule has 1 heterocycles. The topological polar surface area (TPSA) is 93.0 Å². The number of nitrogens with one attached hydrogen (secondary N) is 1. The van der Waals surface area contributed by atoms with E-state index >= 15 is 0 Å². The summed E-state index contributed by atoms with van der Waals surface area (Å²) in [6, 6.07) is 9.97. The zero-order valence-electron chi connectivity index (χ0n) is 14.2. The normalized spacial score (nSPS) is 12.9. The Morgan fingerprint density at radius 1 is 0.481 bits per heavy atom. The molecule has 0 radical (unpaired) electrons. The second-order valence-electron chi connectivity index (χ2n) is 6.12. The van der Waals surface area contributed by atoms with E-state index in [1.54, 1.807) is 36.4 Å². The summed E-state index contributed by atoms with van der Waals surface area (Å²) in [4.78, 5) is 0. The summed E-state index contributed by atoms with van der Waals surface area (Å²) >= 11 is 0. The lowest BCUT2D eigenvalue weighted by atomic mass is 9.92. The van der Waals surface area contributed by atoms with E-state index in [0.717, 1.165) is 0 Å². The van der Waals surface area contributed by atoms with Crippen LogP contribution in [0.1, 0.15) is 0 Å². The Morgan fingerprint density at radius 3 is 1.15 bits per heavy atom. The van der Waals surface area contributed by atoms with Crippen LogP contribution in [0, 0.1) is 0 Å². The minimum Gasteiger partial charge on any atom is -0.504 e. The largest absolute Gasteiger partial charge is 0.504 e. The van der Waals surface area contributed by atoms with Gasteiger partial charge in [0, 0.05) is 44.7 Å². The standard InChI is InChI=1S/C16H10O4.C6H7N/c17-13-7-3-1-4-8-11(7)12-9(15(13)19)5-2-6-10(12)16(20)14(8)18;1-2-4-6-7-5-3-1/h1-6,17-20H;1-7H. The third kappa shape index (κ3) is 2.57. The van der Waals surface area contributed by atoms with Crippen LogP contribution in [0.3, 0.4) is 0 Å². The molecule has 5 nitrogen and oxygen atoms in total. The van der Waals surface area contributed by atoms with E-state index in [9.17, 15) is 20.4 Å². The molecule has 134 valence electrons. The highest BCUT2D eigenvalue weighted by molar-refractivity contribution is 6.29. The van der Waals surface area contributed by atoms with Gasteiger partial charge in [0.2, 0.25) is 0 Å². The third-order valence-corrected chi connectivity index (χ3v) is 4.57. The van der Waals surface area contributed by atoms with Crippen molar-refractivity contribution in [1.29, 1.82) is 0 Å². The van der Waals surface area contributed by atoms with Gasteiger partial charge in [-0.3, -0.25) is 0 Å². The van der Waals surface area contributed by atoms with Crippen LogP contribution >= 0.6 is 0 Å². The Labute approximate surface area is 154 Å². The Morgan fingerprint density at radius 2 is 0.815 bits per heavy atom. The number of allylic oxidation sites excluding steroid dienone is 4. The van der Waals surface area contributed by atoms with Crippen molar-refractivity contribution in [3.8, 4) is 23.0 Å². The number of aromatic hydroxyl groups is 4. The van der Waals surface area contributed by atoms with Gasteiger partial charge in [-0.1, -0.05) is 48.6 Å². The molecular weight excluding hydrogens is 342 g/mol. The van der Waals surface area contributed by atoms with Crippen LogP contribution in [0.25, 0.3) is 32.3 Å². The number of phenols is 4. The van der Waals surface area contributed by atoms with Crippen LogP contribution in [0.4, 0.5) is 0 Å². The molecule has 1 aliphatic heterocycles. The summed E-state index contributed by atoms with van der Waals surface area (Å²) in [5.41, 5.74) is 0. The van der Waals surface area contributed by atoms with E-state index in [1.807, 2.05) is 36.7 Å². The van der Waals surface area contributed by atoms with Gasteiger partial charge in [-0.05, 0) is 12.2 Å². The number of benzene rings is 4. The lowest BCUT2D eigenvalue weighted by Crippen LogP contribution is -1.87. The van der Waals surface area contributed by atoms with Gasteiger partial charge < -0.3 is 25.7 Å². The second-order valence-corrected chi connectivity index (χ2v) is 6.12. The highest BCUT2D eigenvalue weighted by Crippen LogP contribution is 2.51. The van der Waals surface area contributed by atoms with Crippen molar-refractivity contribution in [2.24, 2.45) is 0 Å². The summed E-state index contributed by atoms with van der Waals surface area (Å²) in [5, 5.41) is 46.5. The molecule has 0 bridgehead atoms. The van der Waals surface area contributed by atoms with Crippen LogP contribution in [-0.2, 0) is 0 Å². The van der Waals surface area contributed by atoms with E-state index in [1.165, 1.54) is 0 Å². The van der Waals surface area contributed by atoms with Gasteiger partial charge in [0.25, 0.3) is 0 Å². The molecule has 4 aromatic carbocycles. The van der Waals surface area contributed by atoms with Crippen molar-refractivity contribution in [1.82, 2.24) is 5.32 Å². The number of hydrogen-bond donors (Lipinski definition) is 5. The summed E-state index contributed by atoms with van der Waals surface area (Å²) in [5.74, 6) is -0.886. The van der Waals surface area contributed by atoms with Crippen molar-refractivity contribution in [3.63, 3.8) is 0 Å². The first-order valence-electron chi connectivity index (χ1n) is 8.38. The Kier molecular flexibility index (Phi) is 3.97. The maximum absolute atomic E-state index is 10.1. The molecule has 0 fully saturated rings. The fourth-order valence-corrected chi connectivity index (χ4v) is 3.35. The molecule has 5 heteroatoms. The van der Waals surface area contributed by atoms with Crippen molar-refractivity contribution in [2.75, 3.05) is 0 Å². The van der Waals surface area contributed by atoms with Gasteiger partial charge in [0.15, 0.2) is 23.0 Å². The summed E-state index contributed by atoms with van der Waals surface area (Å²) < 4.78 is 0. The SMILES string of the molecule is C1=CC=CNC=C1.Oc1c(O)c2cccc3c(O)c(O)c4cccc1c4c23. The first-order chi connectivity index (χ1) is 13.1. The summed E-state index contributed by atoms with van der Waals surface area (Å²) in [6.45, 7) is 0. The molecule has 27 heavy (non-hydrogen) atoms. The van der Waals surface area contributed by atoms with E-state index in [0.29, 0.717) is 32.3 Å². The van der Waals surface area contributed by atoms with Crippen molar-refractivity contribution >= 4 is 32.3 Å². The van der Waals surface area contributed by atoms with Gasteiger partial charge >= 0.3 is 0 Å². The van der Waals surface area contributed by atoms with Crippen molar-refractivity contribution < 1.29 is 20.4 Å². The minimum absolute atomic E-state index is 0.222. The second kappa shape index (κ2) is 6.46. The fourth-order valence-electron chi connectivity index (χ4n) is 3.35. The molecule has 5 N–H and O–H groups in total. The molecule has 0 saturated carbocycles. The predicted molar refractivity (Wildman–Crippen MR) is 107 cm³/mol. The number of phenolic OH excluding ortho intramolecular Hbond substituents is 4. The van der Waals surface area contributed by atoms with Gasteiger partial charge in [0.05, 0.1) is 0 Å². The Bertz CT molecular complexity index is 1070. The van der Waals surface area contributed by atoms with Crippen LogP contribution in [0.15, 0.2) is 73.1 Å². The quantitative estimate of drug-likeness (QED) is 0.234. The minimum atomic E-state index is -0.222. The highest BCUT2D eigenvalue weighted by Gasteiger charge is 2.21. The summed E-state index contributed by atoms with van der Waals surface area (Å²) in [7, 11) is 0. The smallest absolute Gasteiger partial charge is 0.166 e. The van der Waals surface area contributed by atoms with Crippen LogP contribution < -0.4 is 5.32 Å². The van der Waals surface area contributed by atoms with Crippen molar-refractivity contribution in [3.05, 3.63) is 73.1 Å². The Balaban J connectivity index is 0.000000218. The predicted octanol–water partition coefficient (Wildman–Crippen LogP) is 4.58. The average Bonchev–Trinajstić information content (AvgIpc) is 3.02. The van der Waals surface area contributed by atoms with Gasteiger partial charge in [0.1, 0.15) is 0 Å². The molecule has 0 aliphatic carbocycles. The average molecular weight is 359 g/mol. The Hall–Kier alpha value is -3.86. The van der Waals surface area contributed by atoms with E-state index in [4.69, 9.17) is 0 Å². The zero-order chi connectivity index (χ0) is 19.0. The summed E-state index contributed by atoms with van der Waals surface area (Å²) in [6.07, 6.45) is 11.6. The van der Waals surface area contributed by atoms with Crippen molar-refractivity contribution in [2.45, 2.75) is 0 Å². The monoisotopic (exact) mass is 359 g/mol. The number of hydrogen-bond acceptors (Lipinski definition) is 5. The molecule has 0 spiro atoms. The molecule has 0 saturated heterocycles. The van der Waals surface area contributed by atoms with Crippen LogP contribution in [-0.4, -0.2) is 20.4 Å². The fraction of sp³-hybridized carbons (Fsp3) is 0. The maximum atomic E-state index is 10.1. The molecule has 0 atom stereocenters. The molecule has 5 rings (SSSR count). The van der Waals surface area contributed by atoms with Gasteiger partial charge in [-0.2, -0.15) is 0 Å². The molecule has 4 aromatic rings.